The van der Waals surface area contributed by atoms with Crippen LogP contribution in [0.5, 0.6) is 0 Å². The summed E-state index contributed by atoms with van der Waals surface area (Å²) in [6.45, 7) is 0. The van der Waals surface area contributed by atoms with Crippen LogP contribution >= 0.6 is 11.8 Å². The second kappa shape index (κ2) is 3.73. The van der Waals surface area contributed by atoms with Gasteiger partial charge in [0.25, 0.3) is 0 Å². The van der Waals surface area contributed by atoms with Crippen LogP contribution in [0.15, 0.2) is 23.1 Å². The van der Waals surface area contributed by atoms with Crippen molar-refractivity contribution in [2.75, 3.05) is 6.26 Å². The number of carbonyl (C=O) groups is 1. The summed E-state index contributed by atoms with van der Waals surface area (Å²) in [7, 11) is 0. The van der Waals surface area contributed by atoms with Gasteiger partial charge in [0.2, 0.25) is 0 Å². The second-order valence-electron chi connectivity index (χ2n) is 3.53. The Balaban J connectivity index is 2.31. The summed E-state index contributed by atoms with van der Waals surface area (Å²) in [5.74, 6) is 0.155. The van der Waals surface area contributed by atoms with Crippen LogP contribution in [-0.4, -0.2) is 12.5 Å². The van der Waals surface area contributed by atoms with E-state index < -0.39 is 0 Å². The molecule has 0 amide bonds. The fraction of sp³-hybridized carbons (Fsp3) is 0.364. The molecule has 2 rings (SSSR count). The average Bonchev–Trinajstić information content (AvgIpc) is 2.96. The maximum atomic E-state index is 13.0. The lowest BCUT2D eigenvalue weighted by Crippen LogP contribution is -1.89. The minimum Gasteiger partial charge on any atom is -0.303 e. The lowest BCUT2D eigenvalue weighted by Gasteiger charge is -2.05. The van der Waals surface area contributed by atoms with Crippen molar-refractivity contribution in [2.45, 2.75) is 17.2 Å². The summed E-state index contributed by atoms with van der Waals surface area (Å²) in [5.41, 5.74) is 0.995. The van der Waals surface area contributed by atoms with Crippen LogP contribution in [0.2, 0.25) is 0 Å². The van der Waals surface area contributed by atoms with Crippen LogP contribution in [0.3, 0.4) is 0 Å². The average molecular weight is 210 g/mol. The summed E-state index contributed by atoms with van der Waals surface area (Å²) in [5, 5.41) is 0. The molecule has 0 spiro atoms. The molecule has 2 atom stereocenters. The number of rotatable bonds is 3. The third-order valence-corrected chi connectivity index (χ3v) is 3.42. The number of hydrogen-bond donors (Lipinski definition) is 0. The third-order valence-electron chi connectivity index (χ3n) is 2.61. The molecule has 1 aromatic rings. The van der Waals surface area contributed by atoms with Gasteiger partial charge in [-0.15, -0.1) is 11.8 Å². The molecule has 1 fully saturated rings. The van der Waals surface area contributed by atoms with Crippen LogP contribution in [0.4, 0.5) is 4.39 Å². The first kappa shape index (κ1) is 9.71. The van der Waals surface area contributed by atoms with Crippen molar-refractivity contribution in [3.8, 4) is 0 Å². The normalized spacial score (nSPS) is 24.7. The molecule has 0 aliphatic heterocycles. The Morgan fingerprint density at radius 1 is 1.57 bits per heavy atom. The number of halogens is 1. The number of aldehydes is 1. The molecule has 0 heterocycles. The molecule has 2 unspecified atom stereocenters. The zero-order valence-corrected chi connectivity index (χ0v) is 8.68. The van der Waals surface area contributed by atoms with Crippen molar-refractivity contribution in [3.63, 3.8) is 0 Å². The molecule has 0 bridgehead atoms. The van der Waals surface area contributed by atoms with Crippen molar-refractivity contribution in [1.82, 2.24) is 0 Å². The first-order valence-corrected chi connectivity index (χ1v) is 5.77. The molecule has 1 aromatic carbocycles. The molecule has 0 saturated heterocycles. The highest BCUT2D eigenvalue weighted by atomic mass is 32.2. The standard InChI is InChI=1S/C11H11FOS/c1-14-11-3-2-8(12)5-10(11)9-4-7(9)6-13/h2-3,5-7,9H,4H2,1H3. The van der Waals surface area contributed by atoms with E-state index in [-0.39, 0.29) is 17.7 Å². The van der Waals surface area contributed by atoms with Crippen LogP contribution in [0, 0.1) is 11.7 Å². The molecule has 0 aromatic heterocycles. The molecule has 74 valence electrons. The molecular formula is C11H11FOS. The largest absolute Gasteiger partial charge is 0.303 e. The predicted molar refractivity (Wildman–Crippen MR) is 55.1 cm³/mol. The van der Waals surface area contributed by atoms with Crippen LogP contribution in [0.25, 0.3) is 0 Å². The van der Waals surface area contributed by atoms with Gasteiger partial charge in [0.15, 0.2) is 0 Å². The zero-order valence-electron chi connectivity index (χ0n) is 7.87. The highest BCUT2D eigenvalue weighted by Crippen LogP contribution is 2.48. The van der Waals surface area contributed by atoms with Crippen molar-refractivity contribution >= 4 is 18.0 Å². The Labute approximate surface area is 86.7 Å². The predicted octanol–water partition coefficient (Wildman–Crippen LogP) is 2.85. The lowest BCUT2D eigenvalue weighted by atomic mass is 10.1. The summed E-state index contributed by atoms with van der Waals surface area (Å²) in [6, 6.07) is 4.81. The molecular weight excluding hydrogens is 199 g/mol. The fourth-order valence-electron chi connectivity index (χ4n) is 1.72. The van der Waals surface area contributed by atoms with Crippen molar-refractivity contribution in [2.24, 2.45) is 5.92 Å². The quantitative estimate of drug-likeness (QED) is 0.563. The zero-order chi connectivity index (χ0) is 10.1. The third kappa shape index (κ3) is 1.69. The van der Waals surface area contributed by atoms with Gasteiger partial charge in [-0.1, -0.05) is 0 Å². The van der Waals surface area contributed by atoms with Crippen molar-refractivity contribution in [3.05, 3.63) is 29.6 Å². The molecule has 0 radical (unpaired) electrons. The van der Waals surface area contributed by atoms with E-state index in [1.807, 2.05) is 6.26 Å². The van der Waals surface area contributed by atoms with Gasteiger partial charge < -0.3 is 4.79 Å². The first-order valence-electron chi connectivity index (χ1n) is 4.55. The van der Waals surface area contributed by atoms with E-state index in [4.69, 9.17) is 0 Å². The smallest absolute Gasteiger partial charge is 0.123 e. The van der Waals surface area contributed by atoms with E-state index in [0.29, 0.717) is 0 Å². The van der Waals surface area contributed by atoms with Crippen molar-refractivity contribution in [1.29, 1.82) is 0 Å². The Bertz CT molecular complexity index is 364. The number of benzene rings is 1. The van der Waals surface area contributed by atoms with Gasteiger partial charge in [-0.3, -0.25) is 0 Å². The molecule has 1 aliphatic carbocycles. The summed E-state index contributed by atoms with van der Waals surface area (Å²) in [4.78, 5) is 11.6. The monoisotopic (exact) mass is 210 g/mol. The van der Waals surface area contributed by atoms with Gasteiger partial charge in [0, 0.05) is 10.8 Å². The summed E-state index contributed by atoms with van der Waals surface area (Å²) >= 11 is 1.60. The van der Waals surface area contributed by atoms with E-state index in [2.05, 4.69) is 0 Å². The topological polar surface area (TPSA) is 17.1 Å². The first-order chi connectivity index (χ1) is 6.76. The minimum atomic E-state index is -0.214. The van der Waals surface area contributed by atoms with Crippen LogP contribution in [0.1, 0.15) is 17.9 Å². The van der Waals surface area contributed by atoms with Gasteiger partial charge in [0.1, 0.15) is 12.1 Å². The molecule has 1 nitrogen and oxygen atoms in total. The molecule has 3 heteroatoms. The van der Waals surface area contributed by atoms with Gasteiger partial charge in [-0.25, -0.2) is 4.39 Å². The SMILES string of the molecule is CSc1ccc(F)cc1C1CC1C=O. The van der Waals surface area contributed by atoms with Crippen LogP contribution in [-0.2, 0) is 4.79 Å². The van der Waals surface area contributed by atoms with E-state index in [0.717, 1.165) is 23.2 Å². The molecule has 1 saturated carbocycles. The Kier molecular flexibility index (Phi) is 2.59. The summed E-state index contributed by atoms with van der Waals surface area (Å²) in [6.07, 6.45) is 3.81. The summed E-state index contributed by atoms with van der Waals surface area (Å²) < 4.78 is 13.0. The maximum Gasteiger partial charge on any atom is 0.123 e. The fourth-order valence-corrected chi connectivity index (χ4v) is 2.37. The Morgan fingerprint density at radius 3 is 2.93 bits per heavy atom. The van der Waals surface area contributed by atoms with Gasteiger partial charge in [-0.2, -0.15) is 0 Å². The van der Waals surface area contributed by atoms with Gasteiger partial charge in [-0.05, 0) is 42.4 Å². The van der Waals surface area contributed by atoms with E-state index in [1.54, 1.807) is 23.9 Å². The number of thioether (sulfide) groups is 1. The van der Waals surface area contributed by atoms with Crippen LogP contribution < -0.4 is 0 Å². The van der Waals surface area contributed by atoms with E-state index >= 15 is 0 Å². The minimum absolute atomic E-state index is 0.114. The molecule has 1 aliphatic rings. The van der Waals surface area contributed by atoms with Crippen molar-refractivity contribution < 1.29 is 9.18 Å². The number of hydrogen-bond acceptors (Lipinski definition) is 2. The molecule has 14 heavy (non-hydrogen) atoms. The lowest BCUT2D eigenvalue weighted by molar-refractivity contribution is -0.108. The Hall–Kier alpha value is -0.830. The van der Waals surface area contributed by atoms with Gasteiger partial charge in [0.05, 0.1) is 0 Å². The highest BCUT2D eigenvalue weighted by Gasteiger charge is 2.39. The number of carbonyl (C=O) groups excluding carboxylic acids is 1. The van der Waals surface area contributed by atoms with E-state index in [1.165, 1.54) is 6.07 Å². The van der Waals surface area contributed by atoms with E-state index in [9.17, 15) is 9.18 Å². The molecule has 0 N–H and O–H groups in total. The van der Waals surface area contributed by atoms with Gasteiger partial charge >= 0.3 is 0 Å². The maximum absolute atomic E-state index is 13.0. The second-order valence-corrected chi connectivity index (χ2v) is 4.38. The Morgan fingerprint density at radius 2 is 2.36 bits per heavy atom. The highest BCUT2D eigenvalue weighted by molar-refractivity contribution is 7.98.